The summed E-state index contributed by atoms with van der Waals surface area (Å²) in [7, 11) is 0. The van der Waals surface area contributed by atoms with Crippen molar-refractivity contribution in [1.29, 1.82) is 0 Å². The number of nitrogens with zero attached hydrogens (tertiary/aromatic N) is 5. The molecule has 1 saturated heterocycles. The summed E-state index contributed by atoms with van der Waals surface area (Å²) in [6, 6.07) is 3.35. The molecule has 2 aromatic heterocycles. The first-order chi connectivity index (χ1) is 16.7. The van der Waals surface area contributed by atoms with E-state index in [-0.39, 0.29) is 41.2 Å². The largest absolute Gasteiger partial charge is 0.419 e. The molecule has 0 radical (unpaired) electrons. The fourth-order valence-electron chi connectivity index (χ4n) is 4.38. The van der Waals surface area contributed by atoms with Gasteiger partial charge in [-0.05, 0) is 43.4 Å². The summed E-state index contributed by atoms with van der Waals surface area (Å²) < 4.78 is 67.2. The molecular formula is C24H22F5N5O. The summed E-state index contributed by atoms with van der Waals surface area (Å²) in [4.78, 5) is 30.8. The number of hydrogen-bond donors (Lipinski definition) is 0. The molecule has 11 heteroatoms. The highest BCUT2D eigenvalue weighted by molar-refractivity contribution is 6.00. The van der Waals surface area contributed by atoms with Crippen molar-refractivity contribution in [3.8, 4) is 11.4 Å². The molecule has 4 rings (SSSR count). The summed E-state index contributed by atoms with van der Waals surface area (Å²) in [5.41, 5.74) is -1.29. The van der Waals surface area contributed by atoms with Crippen molar-refractivity contribution in [1.82, 2.24) is 24.8 Å². The lowest BCUT2D eigenvalue weighted by molar-refractivity contribution is -0.138. The van der Waals surface area contributed by atoms with Gasteiger partial charge in [0.1, 0.15) is 5.82 Å². The maximum absolute atomic E-state index is 14.8. The van der Waals surface area contributed by atoms with E-state index in [1.807, 2.05) is 6.92 Å². The summed E-state index contributed by atoms with van der Waals surface area (Å²) in [6.07, 6.45) is 1.92. The van der Waals surface area contributed by atoms with Gasteiger partial charge in [0, 0.05) is 43.8 Å². The number of carbonyl (C=O) groups excluding carboxylic acids is 1. The smallest absolute Gasteiger partial charge is 0.335 e. The number of amides is 1. The van der Waals surface area contributed by atoms with Crippen molar-refractivity contribution in [2.45, 2.75) is 44.8 Å². The number of halogens is 5. The van der Waals surface area contributed by atoms with Crippen LogP contribution in [0.1, 0.15) is 47.9 Å². The number of rotatable bonds is 5. The van der Waals surface area contributed by atoms with E-state index in [0.29, 0.717) is 13.0 Å². The van der Waals surface area contributed by atoms with E-state index in [2.05, 4.69) is 19.9 Å². The zero-order chi connectivity index (χ0) is 25.2. The average molecular weight is 491 g/mol. The number of hydrogen-bond acceptors (Lipinski definition) is 5. The van der Waals surface area contributed by atoms with Crippen molar-refractivity contribution in [2.24, 2.45) is 5.92 Å². The van der Waals surface area contributed by atoms with Crippen LogP contribution in [0.4, 0.5) is 22.0 Å². The normalized spacial score (nSPS) is 18.5. The Kier molecular flexibility index (Phi) is 7.04. The van der Waals surface area contributed by atoms with Gasteiger partial charge in [-0.3, -0.25) is 4.79 Å². The van der Waals surface area contributed by atoms with Crippen LogP contribution in [0.2, 0.25) is 0 Å². The topological polar surface area (TPSA) is 71.9 Å². The average Bonchev–Trinajstić information content (AvgIpc) is 2.84. The number of piperidine rings is 1. The van der Waals surface area contributed by atoms with E-state index in [4.69, 9.17) is 0 Å². The summed E-state index contributed by atoms with van der Waals surface area (Å²) in [5.74, 6) is -2.61. The first-order valence-corrected chi connectivity index (χ1v) is 11.1. The van der Waals surface area contributed by atoms with Crippen molar-refractivity contribution >= 4 is 5.91 Å². The quantitative estimate of drug-likeness (QED) is 0.464. The maximum Gasteiger partial charge on any atom is 0.419 e. The van der Waals surface area contributed by atoms with E-state index >= 15 is 0 Å². The van der Waals surface area contributed by atoms with Gasteiger partial charge in [0.15, 0.2) is 17.5 Å². The molecule has 0 aliphatic carbocycles. The highest BCUT2D eigenvalue weighted by Crippen LogP contribution is 2.32. The predicted molar refractivity (Wildman–Crippen MR) is 116 cm³/mol. The van der Waals surface area contributed by atoms with Crippen molar-refractivity contribution in [3.63, 3.8) is 0 Å². The molecule has 0 unspecified atom stereocenters. The van der Waals surface area contributed by atoms with Gasteiger partial charge in [-0.2, -0.15) is 13.2 Å². The van der Waals surface area contributed by atoms with Gasteiger partial charge in [-0.1, -0.05) is 6.92 Å². The van der Waals surface area contributed by atoms with Crippen LogP contribution in [-0.2, 0) is 12.6 Å². The molecule has 1 amide bonds. The third-order valence-corrected chi connectivity index (χ3v) is 6.19. The third kappa shape index (κ3) is 5.28. The second-order valence-corrected chi connectivity index (χ2v) is 8.47. The lowest BCUT2D eigenvalue weighted by atomic mass is 9.87. The van der Waals surface area contributed by atoms with Crippen LogP contribution in [0.15, 0.2) is 43.0 Å². The van der Waals surface area contributed by atoms with E-state index < -0.39 is 29.3 Å². The van der Waals surface area contributed by atoms with Gasteiger partial charge >= 0.3 is 6.18 Å². The first kappa shape index (κ1) is 24.6. The Morgan fingerprint density at radius 2 is 1.77 bits per heavy atom. The van der Waals surface area contributed by atoms with Crippen LogP contribution in [0.5, 0.6) is 0 Å². The van der Waals surface area contributed by atoms with Gasteiger partial charge in [-0.15, -0.1) is 0 Å². The fraction of sp³-hybridized carbons (Fsp3) is 0.375. The molecule has 3 heterocycles. The number of benzene rings is 1. The molecule has 3 aromatic rings. The Labute approximate surface area is 198 Å². The van der Waals surface area contributed by atoms with Crippen LogP contribution in [-0.4, -0.2) is 43.3 Å². The first-order valence-electron chi connectivity index (χ1n) is 11.1. The highest BCUT2D eigenvalue weighted by atomic mass is 19.4. The van der Waals surface area contributed by atoms with E-state index in [1.54, 1.807) is 4.90 Å². The molecule has 6 nitrogen and oxygen atoms in total. The molecule has 0 N–H and O–H groups in total. The van der Waals surface area contributed by atoms with Gasteiger partial charge in [0.05, 0.1) is 16.7 Å². The second-order valence-electron chi connectivity index (χ2n) is 8.47. The summed E-state index contributed by atoms with van der Waals surface area (Å²) >= 11 is 0. The van der Waals surface area contributed by atoms with Gasteiger partial charge in [-0.25, -0.2) is 28.7 Å². The second kappa shape index (κ2) is 10.0. The Morgan fingerprint density at radius 3 is 2.43 bits per heavy atom. The molecule has 1 aromatic carbocycles. The molecule has 1 fully saturated rings. The molecule has 2 atom stereocenters. The third-order valence-electron chi connectivity index (χ3n) is 6.19. The van der Waals surface area contributed by atoms with Crippen LogP contribution < -0.4 is 0 Å². The fourth-order valence-corrected chi connectivity index (χ4v) is 4.38. The summed E-state index contributed by atoms with van der Waals surface area (Å²) in [6.45, 7) is 2.37. The number of carbonyl (C=O) groups is 1. The maximum atomic E-state index is 14.8. The minimum absolute atomic E-state index is 0.0556. The minimum atomic E-state index is -4.52. The monoisotopic (exact) mass is 491 g/mol. The standard InChI is InChI=1S/C24H22F5N5O/c1-14-4-2-11-34(18(14)7-8-19-32-12-15(13-33-19)24(27,28)29)23(35)16-5-6-17(25)21(26)20(16)22-30-9-3-10-31-22/h3,5-6,9-10,12-14,18H,2,4,7-8,11H2,1H3/t14-,18-/m1/s1. The van der Waals surface area contributed by atoms with E-state index in [0.717, 1.165) is 31.3 Å². The molecule has 0 bridgehead atoms. The Balaban J connectivity index is 1.60. The van der Waals surface area contributed by atoms with Crippen molar-refractivity contribution in [3.05, 3.63) is 71.6 Å². The molecular weight excluding hydrogens is 469 g/mol. The lowest BCUT2D eigenvalue weighted by Gasteiger charge is -2.40. The van der Waals surface area contributed by atoms with Crippen molar-refractivity contribution < 1.29 is 26.7 Å². The number of alkyl halides is 3. The zero-order valence-corrected chi connectivity index (χ0v) is 18.8. The molecule has 1 aliphatic heterocycles. The molecule has 0 saturated carbocycles. The van der Waals surface area contributed by atoms with Crippen LogP contribution in [0.3, 0.4) is 0 Å². The van der Waals surface area contributed by atoms with E-state index in [9.17, 15) is 26.7 Å². The van der Waals surface area contributed by atoms with Gasteiger partial charge in [0.25, 0.3) is 5.91 Å². The highest BCUT2D eigenvalue weighted by Gasteiger charge is 2.35. The molecule has 35 heavy (non-hydrogen) atoms. The molecule has 1 aliphatic rings. The van der Waals surface area contributed by atoms with Crippen LogP contribution >= 0.6 is 0 Å². The molecule has 184 valence electrons. The molecule has 0 spiro atoms. The SMILES string of the molecule is C[C@@H]1CCCN(C(=O)c2ccc(F)c(F)c2-c2ncccn2)[C@@H]1CCc1ncc(C(F)(F)F)cn1. The predicted octanol–water partition coefficient (Wildman–Crippen LogP) is 5.10. The Hall–Kier alpha value is -3.50. The Bertz CT molecular complexity index is 1190. The lowest BCUT2D eigenvalue weighted by Crippen LogP contribution is -2.48. The van der Waals surface area contributed by atoms with E-state index in [1.165, 1.54) is 24.5 Å². The van der Waals surface area contributed by atoms with Crippen LogP contribution in [0.25, 0.3) is 11.4 Å². The zero-order valence-electron chi connectivity index (χ0n) is 18.8. The van der Waals surface area contributed by atoms with Gasteiger partial charge < -0.3 is 4.90 Å². The number of aromatic nitrogens is 4. The van der Waals surface area contributed by atoms with Crippen LogP contribution in [0, 0.1) is 17.6 Å². The minimum Gasteiger partial charge on any atom is -0.335 e. The summed E-state index contributed by atoms with van der Waals surface area (Å²) in [5, 5.41) is 0. The number of likely N-dealkylation sites (tertiary alicyclic amines) is 1. The Morgan fingerprint density at radius 1 is 1.09 bits per heavy atom. The number of aryl methyl sites for hydroxylation is 1. The van der Waals surface area contributed by atoms with Crippen molar-refractivity contribution in [2.75, 3.05) is 6.54 Å². The van der Waals surface area contributed by atoms with Gasteiger partial charge in [0.2, 0.25) is 0 Å².